The first-order chi connectivity index (χ1) is 7.49. The molecule has 1 aliphatic carbocycles. The van der Waals surface area contributed by atoms with Crippen molar-refractivity contribution in [3.63, 3.8) is 0 Å². The lowest BCUT2D eigenvalue weighted by Crippen LogP contribution is -2.49. The molecule has 1 heterocycles. The summed E-state index contributed by atoms with van der Waals surface area (Å²) in [6.45, 7) is 0.762. The number of hydrogen-bond acceptors (Lipinski definition) is 3. The minimum Gasteiger partial charge on any atom is -0.465 e. The fraction of sp³-hybridized carbons (Fsp3) is 0.889. The first-order valence-corrected chi connectivity index (χ1v) is 7.02. The van der Waals surface area contributed by atoms with E-state index in [0.717, 1.165) is 19.3 Å². The van der Waals surface area contributed by atoms with Gasteiger partial charge in [-0.1, -0.05) is 0 Å². The summed E-state index contributed by atoms with van der Waals surface area (Å²) in [5.74, 6) is 0. The van der Waals surface area contributed by atoms with Crippen LogP contribution in [0.1, 0.15) is 25.7 Å². The van der Waals surface area contributed by atoms with E-state index in [1.165, 1.54) is 4.90 Å². The maximum atomic E-state index is 11.7. The molecule has 0 aromatic rings. The van der Waals surface area contributed by atoms with Crippen molar-refractivity contribution in [3.8, 4) is 0 Å². The summed E-state index contributed by atoms with van der Waals surface area (Å²) >= 11 is 0. The Morgan fingerprint density at radius 3 is 2.56 bits per heavy atom. The largest absolute Gasteiger partial charge is 0.465 e. The summed E-state index contributed by atoms with van der Waals surface area (Å²) in [6.07, 6.45) is 1.91. The fourth-order valence-corrected chi connectivity index (χ4v) is 3.56. The molecule has 0 radical (unpaired) electrons. The van der Waals surface area contributed by atoms with Crippen molar-refractivity contribution < 1.29 is 18.3 Å². The minimum atomic E-state index is -3.21. The molecule has 6 nitrogen and oxygen atoms in total. The second kappa shape index (κ2) is 4.21. The lowest BCUT2D eigenvalue weighted by molar-refractivity contribution is 0.129. The van der Waals surface area contributed by atoms with Crippen molar-refractivity contribution in [3.05, 3.63) is 0 Å². The van der Waals surface area contributed by atoms with Crippen LogP contribution in [0.3, 0.4) is 0 Å². The van der Waals surface area contributed by atoms with E-state index in [1.807, 2.05) is 0 Å². The molecular formula is C9H16N2O4S. The highest BCUT2D eigenvalue weighted by Crippen LogP contribution is 2.28. The van der Waals surface area contributed by atoms with Crippen molar-refractivity contribution in [1.82, 2.24) is 9.62 Å². The van der Waals surface area contributed by atoms with Crippen molar-refractivity contribution in [2.75, 3.05) is 13.1 Å². The van der Waals surface area contributed by atoms with Crippen LogP contribution >= 0.6 is 0 Å². The van der Waals surface area contributed by atoms with Crippen LogP contribution in [0, 0.1) is 0 Å². The molecule has 1 atom stereocenters. The summed E-state index contributed by atoms with van der Waals surface area (Å²) in [5.41, 5.74) is 0. The number of rotatable bonds is 3. The van der Waals surface area contributed by atoms with Crippen LogP contribution in [0.25, 0.3) is 0 Å². The molecule has 2 rings (SSSR count). The number of amides is 1. The maximum Gasteiger partial charge on any atom is 0.407 e. The lowest BCUT2D eigenvalue weighted by atomic mass is 10.1. The molecule has 2 N–H and O–H groups in total. The van der Waals surface area contributed by atoms with Gasteiger partial charge in [-0.15, -0.1) is 0 Å². The number of nitrogens with one attached hydrogen (secondary N) is 1. The minimum absolute atomic E-state index is 0.243. The molecule has 0 spiro atoms. The number of sulfonamides is 1. The predicted octanol–water partition coefficient (Wildman–Crippen LogP) is 0.211. The molecular weight excluding hydrogens is 232 g/mol. The molecule has 7 heteroatoms. The number of carbonyl (C=O) groups is 1. The topological polar surface area (TPSA) is 86.7 Å². The molecule has 0 bridgehead atoms. The van der Waals surface area contributed by atoms with Gasteiger partial charge in [0.15, 0.2) is 0 Å². The van der Waals surface area contributed by atoms with E-state index in [9.17, 15) is 13.2 Å². The third kappa shape index (κ3) is 2.65. The highest BCUT2D eigenvalue weighted by Gasteiger charge is 2.37. The zero-order chi connectivity index (χ0) is 11.8. The van der Waals surface area contributed by atoms with Gasteiger partial charge >= 0.3 is 6.09 Å². The third-order valence-electron chi connectivity index (χ3n) is 2.99. The van der Waals surface area contributed by atoms with E-state index in [4.69, 9.17) is 5.11 Å². The van der Waals surface area contributed by atoms with Gasteiger partial charge in [0.1, 0.15) is 0 Å². The van der Waals surface area contributed by atoms with Gasteiger partial charge in [-0.2, -0.15) is 0 Å². The summed E-state index contributed by atoms with van der Waals surface area (Å²) in [7, 11) is -3.21. The molecule has 1 saturated heterocycles. The van der Waals surface area contributed by atoms with E-state index < -0.39 is 16.1 Å². The van der Waals surface area contributed by atoms with Crippen molar-refractivity contribution >= 4 is 16.1 Å². The Morgan fingerprint density at radius 1 is 1.31 bits per heavy atom. The number of likely N-dealkylation sites (tertiary alicyclic amines) is 1. The van der Waals surface area contributed by atoms with Crippen molar-refractivity contribution in [2.45, 2.75) is 37.0 Å². The molecule has 2 fully saturated rings. The normalized spacial score (nSPS) is 26.8. The molecule has 16 heavy (non-hydrogen) atoms. The molecule has 92 valence electrons. The molecule has 2 aliphatic rings. The van der Waals surface area contributed by atoms with E-state index in [1.54, 1.807) is 0 Å². The number of carboxylic acid groups (broad SMARTS) is 1. The molecule has 0 aromatic heterocycles. The maximum absolute atomic E-state index is 11.7. The SMILES string of the molecule is O=C(O)N1CCCC(NS(=O)(=O)C2CC2)C1. The van der Waals surface area contributed by atoms with Gasteiger partial charge in [-0.3, -0.25) is 0 Å². The van der Waals surface area contributed by atoms with Crippen LogP contribution in [0.4, 0.5) is 4.79 Å². The summed E-state index contributed by atoms with van der Waals surface area (Å²) in [4.78, 5) is 12.0. The Balaban J connectivity index is 1.92. The van der Waals surface area contributed by atoms with Crippen LogP contribution < -0.4 is 4.72 Å². The molecule has 1 aliphatic heterocycles. The van der Waals surface area contributed by atoms with Gasteiger partial charge in [0.25, 0.3) is 0 Å². The van der Waals surface area contributed by atoms with E-state index in [2.05, 4.69) is 4.72 Å². The van der Waals surface area contributed by atoms with Crippen LogP contribution in [0.2, 0.25) is 0 Å². The van der Waals surface area contributed by atoms with Gasteiger partial charge in [0.2, 0.25) is 10.0 Å². The van der Waals surface area contributed by atoms with Crippen molar-refractivity contribution in [1.29, 1.82) is 0 Å². The zero-order valence-corrected chi connectivity index (χ0v) is 9.74. The Morgan fingerprint density at radius 2 is 2.00 bits per heavy atom. The Hall–Kier alpha value is -0.820. The smallest absolute Gasteiger partial charge is 0.407 e. The number of piperidine rings is 1. The molecule has 1 unspecified atom stereocenters. The molecule has 0 aromatic carbocycles. The average molecular weight is 248 g/mol. The van der Waals surface area contributed by atoms with Crippen LogP contribution in [0.5, 0.6) is 0 Å². The van der Waals surface area contributed by atoms with Crippen LogP contribution in [0.15, 0.2) is 0 Å². The quantitative estimate of drug-likeness (QED) is 0.747. The lowest BCUT2D eigenvalue weighted by Gasteiger charge is -2.30. The molecule has 1 amide bonds. The van der Waals surface area contributed by atoms with E-state index in [0.29, 0.717) is 13.0 Å². The third-order valence-corrected chi connectivity index (χ3v) is 5.00. The summed E-state index contributed by atoms with van der Waals surface area (Å²) in [6, 6.07) is -0.254. The van der Waals surface area contributed by atoms with Crippen LogP contribution in [-0.4, -0.2) is 48.9 Å². The summed E-state index contributed by atoms with van der Waals surface area (Å²) in [5, 5.41) is 8.58. The monoisotopic (exact) mass is 248 g/mol. The standard InChI is InChI=1S/C9H16N2O4S/c12-9(13)11-5-1-2-7(6-11)10-16(14,15)8-3-4-8/h7-8,10H,1-6H2,(H,12,13). The Bertz CT molecular complexity index is 377. The second-order valence-corrected chi connectivity index (χ2v) is 6.42. The van der Waals surface area contributed by atoms with Gasteiger partial charge in [-0.25, -0.2) is 17.9 Å². The summed E-state index contributed by atoms with van der Waals surface area (Å²) < 4.78 is 25.9. The number of nitrogens with zero attached hydrogens (tertiary/aromatic N) is 1. The predicted molar refractivity (Wildman–Crippen MR) is 57.7 cm³/mol. The average Bonchev–Trinajstić information content (AvgIpc) is 3.00. The van der Waals surface area contributed by atoms with Gasteiger partial charge < -0.3 is 10.0 Å². The van der Waals surface area contributed by atoms with Crippen molar-refractivity contribution in [2.24, 2.45) is 0 Å². The Kier molecular flexibility index (Phi) is 3.07. The van der Waals surface area contributed by atoms with Gasteiger partial charge in [-0.05, 0) is 25.7 Å². The van der Waals surface area contributed by atoms with Crippen LogP contribution in [-0.2, 0) is 10.0 Å². The van der Waals surface area contributed by atoms with E-state index >= 15 is 0 Å². The highest BCUT2D eigenvalue weighted by molar-refractivity contribution is 7.90. The van der Waals surface area contributed by atoms with E-state index in [-0.39, 0.29) is 17.8 Å². The second-order valence-electron chi connectivity index (χ2n) is 4.43. The van der Waals surface area contributed by atoms with Gasteiger partial charge in [0.05, 0.1) is 5.25 Å². The Labute approximate surface area is 94.7 Å². The fourth-order valence-electron chi connectivity index (χ4n) is 1.95. The molecule has 1 saturated carbocycles. The zero-order valence-electron chi connectivity index (χ0n) is 8.92. The first kappa shape index (κ1) is 11.7. The van der Waals surface area contributed by atoms with Gasteiger partial charge in [0, 0.05) is 19.1 Å². The first-order valence-electron chi connectivity index (χ1n) is 5.48. The number of hydrogen-bond donors (Lipinski definition) is 2. The highest BCUT2D eigenvalue weighted by atomic mass is 32.2.